The molecular weight excluding hydrogens is 312 g/mol. The molecule has 2 heterocycles. The van der Waals surface area contributed by atoms with Crippen LogP contribution in [0.5, 0.6) is 0 Å². The van der Waals surface area contributed by atoms with Gasteiger partial charge < -0.3 is 14.6 Å². The molecule has 3 fully saturated rings. The van der Waals surface area contributed by atoms with Crippen LogP contribution in [0.25, 0.3) is 0 Å². The van der Waals surface area contributed by atoms with Crippen molar-refractivity contribution in [2.45, 2.75) is 81.8 Å². The number of likely N-dealkylation sites (tertiary alicyclic amines) is 1. The molecule has 1 amide bonds. The van der Waals surface area contributed by atoms with Gasteiger partial charge in [-0.2, -0.15) is 0 Å². The number of aliphatic hydroxyl groups is 1. The van der Waals surface area contributed by atoms with Crippen molar-refractivity contribution in [2.24, 2.45) is 5.92 Å². The van der Waals surface area contributed by atoms with E-state index in [1.807, 2.05) is 0 Å². The van der Waals surface area contributed by atoms with Gasteiger partial charge in [-0.15, -0.1) is 0 Å². The Balaban J connectivity index is 1.47. The third-order valence-corrected chi connectivity index (χ3v) is 7.20. The fourth-order valence-electron chi connectivity index (χ4n) is 5.58. The van der Waals surface area contributed by atoms with Crippen molar-refractivity contribution in [3.8, 4) is 0 Å². The van der Waals surface area contributed by atoms with Crippen molar-refractivity contribution in [3.63, 3.8) is 0 Å². The average molecular weight is 344 g/mol. The first-order chi connectivity index (χ1) is 12.1. The van der Waals surface area contributed by atoms with Gasteiger partial charge in [0, 0.05) is 31.4 Å². The SMILES string of the molecule is O=C(CC1(n2cccc2)CCCCC1)N1CCC2(O)CCCCC2C1. The molecule has 0 bridgehead atoms. The van der Waals surface area contributed by atoms with Crippen LogP contribution in [0.2, 0.25) is 0 Å². The first-order valence-corrected chi connectivity index (χ1v) is 10.3. The zero-order chi connectivity index (χ0) is 17.3. The van der Waals surface area contributed by atoms with Crippen molar-refractivity contribution in [1.29, 1.82) is 0 Å². The van der Waals surface area contributed by atoms with Gasteiger partial charge in [0.25, 0.3) is 0 Å². The number of nitrogens with zero attached hydrogens (tertiary/aromatic N) is 2. The number of amides is 1. The second-order valence-electron chi connectivity index (χ2n) is 8.69. The Morgan fingerprint density at radius 3 is 2.48 bits per heavy atom. The van der Waals surface area contributed by atoms with E-state index in [2.05, 4.69) is 34.0 Å². The van der Waals surface area contributed by atoms with E-state index >= 15 is 0 Å². The van der Waals surface area contributed by atoms with Gasteiger partial charge in [0.05, 0.1) is 17.6 Å². The Kier molecular flexibility index (Phi) is 4.65. The van der Waals surface area contributed by atoms with Crippen LogP contribution in [0.3, 0.4) is 0 Å². The molecule has 1 aliphatic heterocycles. The summed E-state index contributed by atoms with van der Waals surface area (Å²) in [6.45, 7) is 1.49. The number of carbonyl (C=O) groups is 1. The van der Waals surface area contributed by atoms with Crippen molar-refractivity contribution < 1.29 is 9.90 Å². The van der Waals surface area contributed by atoms with E-state index in [0.717, 1.165) is 51.6 Å². The van der Waals surface area contributed by atoms with Crippen molar-refractivity contribution >= 4 is 5.91 Å². The van der Waals surface area contributed by atoms with Gasteiger partial charge in [0.2, 0.25) is 5.91 Å². The first kappa shape index (κ1) is 17.1. The van der Waals surface area contributed by atoms with Gasteiger partial charge in [0.15, 0.2) is 0 Å². The molecule has 1 aromatic heterocycles. The van der Waals surface area contributed by atoms with E-state index in [-0.39, 0.29) is 11.5 Å². The van der Waals surface area contributed by atoms with Crippen molar-refractivity contribution in [1.82, 2.24) is 9.47 Å². The molecule has 3 aliphatic rings. The van der Waals surface area contributed by atoms with Gasteiger partial charge in [-0.05, 0) is 44.2 Å². The van der Waals surface area contributed by atoms with Crippen LogP contribution in [0, 0.1) is 5.92 Å². The molecule has 138 valence electrons. The minimum absolute atomic E-state index is 0.0286. The highest BCUT2D eigenvalue weighted by Gasteiger charge is 2.45. The lowest BCUT2D eigenvalue weighted by atomic mass is 9.71. The van der Waals surface area contributed by atoms with Crippen molar-refractivity contribution in [3.05, 3.63) is 24.5 Å². The minimum atomic E-state index is -0.502. The molecule has 1 aromatic rings. The van der Waals surface area contributed by atoms with Gasteiger partial charge in [-0.25, -0.2) is 0 Å². The van der Waals surface area contributed by atoms with E-state index < -0.39 is 5.60 Å². The molecule has 4 rings (SSSR count). The maximum Gasteiger partial charge on any atom is 0.224 e. The average Bonchev–Trinajstić information content (AvgIpc) is 3.17. The summed E-state index contributed by atoms with van der Waals surface area (Å²) in [7, 11) is 0. The molecule has 2 aliphatic carbocycles. The van der Waals surface area contributed by atoms with Gasteiger partial charge in [-0.1, -0.05) is 32.1 Å². The maximum absolute atomic E-state index is 13.2. The van der Waals surface area contributed by atoms with Gasteiger partial charge in [0.1, 0.15) is 0 Å². The number of aromatic nitrogens is 1. The normalized spacial score (nSPS) is 32.2. The predicted octanol–water partition coefficient (Wildman–Crippen LogP) is 3.69. The summed E-state index contributed by atoms with van der Waals surface area (Å²) >= 11 is 0. The molecule has 0 aromatic carbocycles. The van der Waals surface area contributed by atoms with Crippen LogP contribution in [-0.4, -0.2) is 39.2 Å². The monoisotopic (exact) mass is 344 g/mol. The maximum atomic E-state index is 13.2. The molecule has 2 saturated carbocycles. The Morgan fingerprint density at radius 2 is 1.72 bits per heavy atom. The number of piperidine rings is 1. The fourth-order valence-corrected chi connectivity index (χ4v) is 5.58. The number of hydrogen-bond acceptors (Lipinski definition) is 2. The van der Waals surface area contributed by atoms with E-state index in [1.165, 1.54) is 25.7 Å². The fraction of sp³-hybridized carbons (Fsp3) is 0.762. The minimum Gasteiger partial charge on any atom is -0.389 e. The molecule has 1 N–H and O–H groups in total. The summed E-state index contributed by atoms with van der Waals surface area (Å²) < 4.78 is 2.30. The van der Waals surface area contributed by atoms with E-state index in [0.29, 0.717) is 12.3 Å². The number of carbonyl (C=O) groups excluding carboxylic acids is 1. The summed E-state index contributed by atoms with van der Waals surface area (Å²) in [5, 5.41) is 10.9. The number of rotatable bonds is 3. The molecular formula is C21H32N2O2. The van der Waals surface area contributed by atoms with E-state index in [9.17, 15) is 9.90 Å². The molecule has 4 heteroatoms. The Labute approximate surface area is 151 Å². The molecule has 2 unspecified atom stereocenters. The van der Waals surface area contributed by atoms with Crippen LogP contribution < -0.4 is 0 Å². The van der Waals surface area contributed by atoms with Crippen LogP contribution >= 0.6 is 0 Å². The highest BCUT2D eigenvalue weighted by Crippen LogP contribution is 2.42. The molecule has 4 nitrogen and oxygen atoms in total. The highest BCUT2D eigenvalue weighted by atomic mass is 16.3. The molecule has 1 saturated heterocycles. The quantitative estimate of drug-likeness (QED) is 0.909. The summed E-state index contributed by atoms with van der Waals surface area (Å²) in [5.74, 6) is 0.580. The smallest absolute Gasteiger partial charge is 0.224 e. The van der Waals surface area contributed by atoms with Crippen molar-refractivity contribution in [2.75, 3.05) is 13.1 Å². The molecule has 0 spiro atoms. The Hall–Kier alpha value is -1.29. The molecule has 25 heavy (non-hydrogen) atoms. The van der Waals surface area contributed by atoms with Gasteiger partial charge >= 0.3 is 0 Å². The number of fused-ring (bicyclic) bond motifs is 1. The largest absolute Gasteiger partial charge is 0.389 e. The second-order valence-corrected chi connectivity index (χ2v) is 8.69. The lowest BCUT2D eigenvalue weighted by Gasteiger charge is -2.48. The predicted molar refractivity (Wildman–Crippen MR) is 98.2 cm³/mol. The van der Waals surface area contributed by atoms with Crippen LogP contribution in [0.1, 0.15) is 70.6 Å². The number of hydrogen-bond donors (Lipinski definition) is 1. The summed E-state index contributed by atoms with van der Waals surface area (Å²) in [5.41, 5.74) is -0.531. The lowest BCUT2D eigenvalue weighted by Crippen LogP contribution is -2.55. The zero-order valence-corrected chi connectivity index (χ0v) is 15.3. The third-order valence-electron chi connectivity index (χ3n) is 7.20. The molecule has 2 atom stereocenters. The Morgan fingerprint density at radius 1 is 1.00 bits per heavy atom. The zero-order valence-electron chi connectivity index (χ0n) is 15.3. The highest BCUT2D eigenvalue weighted by molar-refractivity contribution is 5.77. The standard InChI is InChI=1S/C21H32N2O2/c24-19(22-15-12-21(25)11-5-2-8-18(21)17-22)16-20(9-3-1-4-10-20)23-13-6-7-14-23/h6-7,13-14,18,25H,1-5,8-12,15-17H2. The summed E-state index contributed by atoms with van der Waals surface area (Å²) in [6.07, 6.45) is 15.9. The summed E-state index contributed by atoms with van der Waals surface area (Å²) in [6, 6.07) is 4.15. The van der Waals surface area contributed by atoms with Crippen LogP contribution in [0.15, 0.2) is 24.5 Å². The first-order valence-electron chi connectivity index (χ1n) is 10.3. The lowest BCUT2D eigenvalue weighted by molar-refractivity contribution is -0.145. The van der Waals surface area contributed by atoms with Crippen LogP contribution in [0.4, 0.5) is 0 Å². The Bertz CT molecular complexity index is 591. The second kappa shape index (κ2) is 6.79. The van der Waals surface area contributed by atoms with E-state index in [1.54, 1.807) is 0 Å². The van der Waals surface area contributed by atoms with Crippen LogP contribution in [-0.2, 0) is 10.3 Å². The molecule has 0 radical (unpaired) electrons. The third kappa shape index (κ3) is 3.25. The topological polar surface area (TPSA) is 45.5 Å². The van der Waals surface area contributed by atoms with E-state index in [4.69, 9.17) is 0 Å². The van der Waals surface area contributed by atoms with Gasteiger partial charge in [-0.3, -0.25) is 4.79 Å². The summed E-state index contributed by atoms with van der Waals surface area (Å²) in [4.78, 5) is 15.2.